The minimum atomic E-state index is -0.582. The van der Waals surface area contributed by atoms with Crippen LogP contribution in [0, 0.1) is 5.82 Å². The predicted molar refractivity (Wildman–Crippen MR) is 63.2 cm³/mol. The standard InChI is InChI=1S/C10H9FN6O2/c11-5-1-2-7(6(3-5)9(12)16-19)14-10(18)8-4-13-17-15-8/h1-4,19H,(H2,12,16)(H,14,18)(H,13,15,17). The average molecular weight is 264 g/mol. The molecule has 1 aromatic heterocycles. The SMILES string of the molecule is N/C(=N/O)c1cc(F)ccc1NC(=O)c1cn[nH]n1. The van der Waals surface area contributed by atoms with E-state index in [2.05, 4.69) is 25.9 Å². The first-order valence-electron chi connectivity index (χ1n) is 5.06. The van der Waals surface area contributed by atoms with Crippen LogP contribution in [0.25, 0.3) is 0 Å². The van der Waals surface area contributed by atoms with Crippen LogP contribution in [0.4, 0.5) is 10.1 Å². The fraction of sp³-hybridized carbons (Fsp3) is 0. The maximum Gasteiger partial charge on any atom is 0.277 e. The van der Waals surface area contributed by atoms with Crippen LogP contribution in [0.15, 0.2) is 29.6 Å². The summed E-state index contributed by atoms with van der Waals surface area (Å²) in [7, 11) is 0. The normalized spacial score (nSPS) is 11.3. The monoisotopic (exact) mass is 264 g/mol. The molecule has 0 aliphatic heterocycles. The molecule has 0 radical (unpaired) electrons. The molecule has 0 spiro atoms. The number of amides is 1. The molecular weight excluding hydrogens is 255 g/mol. The van der Waals surface area contributed by atoms with Crippen molar-refractivity contribution in [1.82, 2.24) is 15.4 Å². The Morgan fingerprint density at radius 3 is 2.95 bits per heavy atom. The number of halogens is 1. The van der Waals surface area contributed by atoms with Gasteiger partial charge in [-0.1, -0.05) is 5.16 Å². The second-order valence-electron chi connectivity index (χ2n) is 3.48. The maximum atomic E-state index is 13.1. The van der Waals surface area contributed by atoms with Crippen molar-refractivity contribution in [3.8, 4) is 0 Å². The number of anilines is 1. The van der Waals surface area contributed by atoms with Gasteiger partial charge in [0.15, 0.2) is 11.5 Å². The first-order valence-corrected chi connectivity index (χ1v) is 5.06. The number of hydrogen-bond acceptors (Lipinski definition) is 5. The van der Waals surface area contributed by atoms with Crippen LogP contribution >= 0.6 is 0 Å². The fourth-order valence-electron chi connectivity index (χ4n) is 1.39. The summed E-state index contributed by atoms with van der Waals surface area (Å²) in [4.78, 5) is 11.8. The molecule has 1 heterocycles. The van der Waals surface area contributed by atoms with Gasteiger partial charge in [0, 0.05) is 5.56 Å². The molecule has 1 aromatic carbocycles. The summed E-state index contributed by atoms with van der Waals surface area (Å²) in [6, 6.07) is 3.46. The van der Waals surface area contributed by atoms with Gasteiger partial charge in [-0.25, -0.2) is 4.39 Å². The number of hydrogen-bond donors (Lipinski definition) is 4. The molecule has 2 rings (SSSR count). The molecule has 0 aliphatic rings. The van der Waals surface area contributed by atoms with Gasteiger partial charge in [-0.3, -0.25) is 4.79 Å². The second-order valence-corrected chi connectivity index (χ2v) is 3.48. The zero-order valence-corrected chi connectivity index (χ0v) is 9.46. The van der Waals surface area contributed by atoms with Crippen molar-refractivity contribution in [2.45, 2.75) is 0 Å². The largest absolute Gasteiger partial charge is 0.409 e. The molecule has 0 unspecified atom stereocenters. The zero-order chi connectivity index (χ0) is 13.8. The number of carbonyl (C=O) groups excluding carboxylic acids is 1. The molecule has 9 heteroatoms. The lowest BCUT2D eigenvalue weighted by Crippen LogP contribution is -2.19. The van der Waals surface area contributed by atoms with Crippen molar-refractivity contribution in [3.63, 3.8) is 0 Å². The van der Waals surface area contributed by atoms with E-state index in [1.807, 2.05) is 0 Å². The van der Waals surface area contributed by atoms with E-state index in [0.717, 1.165) is 12.1 Å². The molecule has 0 bridgehead atoms. The van der Waals surface area contributed by atoms with E-state index in [9.17, 15) is 9.18 Å². The van der Waals surface area contributed by atoms with E-state index in [1.54, 1.807) is 0 Å². The Morgan fingerprint density at radius 2 is 2.32 bits per heavy atom. The summed E-state index contributed by atoms with van der Waals surface area (Å²) in [6.45, 7) is 0. The smallest absolute Gasteiger partial charge is 0.277 e. The van der Waals surface area contributed by atoms with Crippen molar-refractivity contribution in [2.24, 2.45) is 10.9 Å². The van der Waals surface area contributed by atoms with Gasteiger partial charge in [0.25, 0.3) is 5.91 Å². The highest BCUT2D eigenvalue weighted by Crippen LogP contribution is 2.17. The summed E-state index contributed by atoms with van der Waals surface area (Å²) >= 11 is 0. The number of amidine groups is 1. The number of oxime groups is 1. The Bertz CT molecular complexity index is 625. The Kier molecular flexibility index (Phi) is 3.37. The third-order valence-corrected chi connectivity index (χ3v) is 2.26. The number of aromatic amines is 1. The summed E-state index contributed by atoms with van der Waals surface area (Å²) in [6.07, 6.45) is 1.22. The van der Waals surface area contributed by atoms with Crippen LogP contribution in [0.2, 0.25) is 0 Å². The summed E-state index contributed by atoms with van der Waals surface area (Å²) in [5.41, 5.74) is 5.70. The maximum absolute atomic E-state index is 13.1. The number of nitrogens with one attached hydrogen (secondary N) is 2. The van der Waals surface area contributed by atoms with Crippen LogP contribution in [0.1, 0.15) is 16.1 Å². The third kappa shape index (κ3) is 2.65. The lowest BCUT2D eigenvalue weighted by molar-refractivity contribution is 0.102. The topological polar surface area (TPSA) is 129 Å². The van der Waals surface area contributed by atoms with Crippen LogP contribution in [-0.2, 0) is 0 Å². The molecule has 8 nitrogen and oxygen atoms in total. The third-order valence-electron chi connectivity index (χ3n) is 2.26. The van der Waals surface area contributed by atoms with Gasteiger partial charge in [-0.2, -0.15) is 15.4 Å². The van der Waals surface area contributed by atoms with E-state index in [0.29, 0.717) is 0 Å². The molecular formula is C10H9FN6O2. The van der Waals surface area contributed by atoms with Gasteiger partial charge in [-0.05, 0) is 18.2 Å². The minimum absolute atomic E-state index is 0.0507. The van der Waals surface area contributed by atoms with E-state index in [4.69, 9.17) is 10.9 Å². The summed E-state index contributed by atoms with van der Waals surface area (Å²) in [5.74, 6) is -1.47. The molecule has 19 heavy (non-hydrogen) atoms. The van der Waals surface area contributed by atoms with E-state index >= 15 is 0 Å². The lowest BCUT2D eigenvalue weighted by atomic mass is 10.1. The highest BCUT2D eigenvalue weighted by atomic mass is 19.1. The molecule has 0 fully saturated rings. The number of benzene rings is 1. The number of aromatic nitrogens is 3. The molecule has 0 aliphatic carbocycles. The number of H-pyrrole nitrogens is 1. The highest BCUT2D eigenvalue weighted by molar-refractivity contribution is 6.09. The quantitative estimate of drug-likeness (QED) is 0.274. The predicted octanol–water partition coefficient (Wildman–Crippen LogP) is 0.291. The van der Waals surface area contributed by atoms with Crippen molar-refractivity contribution in [3.05, 3.63) is 41.5 Å². The Balaban J connectivity index is 2.32. The second kappa shape index (κ2) is 5.12. The zero-order valence-electron chi connectivity index (χ0n) is 9.46. The van der Waals surface area contributed by atoms with Crippen molar-refractivity contribution >= 4 is 17.4 Å². The van der Waals surface area contributed by atoms with Crippen LogP contribution in [0.3, 0.4) is 0 Å². The number of carbonyl (C=O) groups is 1. The van der Waals surface area contributed by atoms with Gasteiger partial charge in [0.2, 0.25) is 0 Å². The summed E-state index contributed by atoms with van der Waals surface area (Å²) < 4.78 is 13.1. The van der Waals surface area contributed by atoms with Gasteiger partial charge < -0.3 is 16.3 Å². The summed E-state index contributed by atoms with van der Waals surface area (Å²) in [5, 5.41) is 23.2. The minimum Gasteiger partial charge on any atom is -0.409 e. The number of rotatable bonds is 3. The number of nitrogens with two attached hydrogens (primary N) is 1. The molecule has 0 atom stereocenters. The van der Waals surface area contributed by atoms with Crippen molar-refractivity contribution < 1.29 is 14.4 Å². The van der Waals surface area contributed by atoms with Crippen molar-refractivity contribution in [1.29, 1.82) is 0 Å². The van der Waals surface area contributed by atoms with Gasteiger partial charge >= 0.3 is 0 Å². The van der Waals surface area contributed by atoms with Gasteiger partial charge in [0.1, 0.15) is 5.82 Å². The van der Waals surface area contributed by atoms with E-state index in [1.165, 1.54) is 12.3 Å². The fourth-order valence-corrected chi connectivity index (χ4v) is 1.39. The first-order chi connectivity index (χ1) is 9.11. The molecule has 1 amide bonds. The molecule has 0 saturated carbocycles. The van der Waals surface area contributed by atoms with Crippen LogP contribution in [0.5, 0.6) is 0 Å². The molecule has 0 saturated heterocycles. The van der Waals surface area contributed by atoms with Crippen molar-refractivity contribution in [2.75, 3.05) is 5.32 Å². The highest BCUT2D eigenvalue weighted by Gasteiger charge is 2.14. The van der Waals surface area contributed by atoms with Crippen LogP contribution < -0.4 is 11.1 Å². The average Bonchev–Trinajstić information content (AvgIpc) is 2.94. The van der Waals surface area contributed by atoms with E-state index in [-0.39, 0.29) is 22.8 Å². The lowest BCUT2D eigenvalue weighted by Gasteiger charge is -2.09. The Hall–Kier alpha value is -2.97. The van der Waals surface area contributed by atoms with Crippen LogP contribution in [-0.4, -0.2) is 32.4 Å². The number of nitrogens with zero attached hydrogens (tertiary/aromatic N) is 3. The molecule has 2 aromatic rings. The first kappa shape index (κ1) is 12.5. The van der Waals surface area contributed by atoms with Gasteiger partial charge in [0.05, 0.1) is 11.9 Å². The Morgan fingerprint density at radius 1 is 1.53 bits per heavy atom. The van der Waals surface area contributed by atoms with E-state index < -0.39 is 11.7 Å². The Labute approximate surface area is 106 Å². The molecule has 98 valence electrons. The van der Waals surface area contributed by atoms with Gasteiger partial charge in [-0.15, -0.1) is 0 Å². The molecule has 5 N–H and O–H groups in total.